The molecule has 0 aliphatic carbocycles. The van der Waals surface area contributed by atoms with Gasteiger partial charge in [-0.1, -0.05) is 54.6 Å². The van der Waals surface area contributed by atoms with E-state index in [0.717, 1.165) is 22.4 Å². The third-order valence-corrected chi connectivity index (χ3v) is 6.91. The van der Waals surface area contributed by atoms with E-state index in [2.05, 4.69) is 4.98 Å². The van der Waals surface area contributed by atoms with Gasteiger partial charge in [0.2, 0.25) is 5.91 Å². The van der Waals surface area contributed by atoms with Crippen LogP contribution in [-0.4, -0.2) is 39.2 Å². The quantitative estimate of drug-likeness (QED) is 0.339. The molecule has 1 atom stereocenters. The first-order valence-corrected chi connectivity index (χ1v) is 12.4. The van der Waals surface area contributed by atoms with Crippen molar-refractivity contribution in [3.8, 4) is 5.75 Å². The van der Waals surface area contributed by atoms with Crippen LogP contribution in [0.1, 0.15) is 34.1 Å². The smallest absolute Gasteiger partial charge is 0.251 e. The summed E-state index contributed by atoms with van der Waals surface area (Å²) in [7, 11) is 0. The Labute approximate surface area is 219 Å². The molecule has 3 aromatic carbocycles. The minimum Gasteiger partial charge on any atom is -0.491 e. The monoisotopic (exact) mass is 506 g/mol. The molecule has 2 N–H and O–H groups in total. The van der Waals surface area contributed by atoms with E-state index in [0.29, 0.717) is 24.1 Å². The summed E-state index contributed by atoms with van der Waals surface area (Å²) in [4.78, 5) is 19.6. The van der Waals surface area contributed by atoms with Gasteiger partial charge in [0, 0.05) is 28.9 Å². The first-order valence-electron chi connectivity index (χ1n) is 12.4. The van der Waals surface area contributed by atoms with Crippen molar-refractivity contribution in [2.75, 3.05) is 13.2 Å². The molecule has 1 unspecified atom stereocenters. The van der Waals surface area contributed by atoms with Crippen LogP contribution in [0.15, 0.2) is 108 Å². The zero-order valence-electron chi connectivity index (χ0n) is 20.5. The van der Waals surface area contributed by atoms with Crippen LogP contribution in [-0.2, 0) is 17.0 Å². The number of para-hydroxylation sites is 1. The highest BCUT2D eigenvalue weighted by atomic mass is 16.5. The number of ether oxygens (including phenoxy) is 1. The summed E-state index contributed by atoms with van der Waals surface area (Å²) >= 11 is 0. The van der Waals surface area contributed by atoms with Crippen LogP contribution in [0.2, 0.25) is 0 Å². The number of carbonyl (C=O) groups excluding carboxylic acids is 1. The second-order valence-electron chi connectivity index (χ2n) is 9.35. The maximum Gasteiger partial charge on any atom is 0.251 e. The summed E-state index contributed by atoms with van der Waals surface area (Å²) in [6.45, 7) is 0.856. The van der Waals surface area contributed by atoms with Gasteiger partial charge in [-0.3, -0.25) is 9.78 Å². The molecule has 7 nitrogen and oxygen atoms in total. The number of fused-ring (bicyclic) bond motifs is 2. The Morgan fingerprint density at radius 2 is 1.71 bits per heavy atom. The molecule has 1 aliphatic heterocycles. The average molecular weight is 507 g/mol. The maximum atomic E-state index is 13.8. The predicted octanol–water partition coefficient (Wildman–Crippen LogP) is 4.57. The minimum atomic E-state index is -2.31. The highest BCUT2D eigenvalue weighted by molar-refractivity contribution is 5.84. The molecule has 5 aromatic rings. The molecular formula is C31H26N2O5. The summed E-state index contributed by atoms with van der Waals surface area (Å²) in [6.07, 6.45) is 3.14. The van der Waals surface area contributed by atoms with Gasteiger partial charge in [0.1, 0.15) is 17.9 Å². The molecule has 0 saturated heterocycles. The lowest BCUT2D eigenvalue weighted by molar-refractivity contribution is -0.145. The standard InChI is InChI=1S/C31H26N2O5/c34-29(33-16-17-37-27-9-5-4-8-25(27)30(33)22-6-2-1-3-7-22)19-21-10-11-26-23(18-21)20-28(38-26)31(35,36)24-12-14-32-15-13-24/h1-15,18,20,30,35-36H,16-17,19H2. The molecule has 2 aromatic heterocycles. The molecule has 0 radical (unpaired) electrons. The number of aromatic nitrogens is 1. The van der Waals surface area contributed by atoms with Crippen molar-refractivity contribution < 1.29 is 24.2 Å². The van der Waals surface area contributed by atoms with E-state index in [1.807, 2.05) is 71.6 Å². The normalized spacial score (nSPS) is 15.5. The van der Waals surface area contributed by atoms with Crippen LogP contribution in [0.3, 0.4) is 0 Å². The minimum absolute atomic E-state index is 0.00686. The molecule has 0 spiro atoms. The van der Waals surface area contributed by atoms with Gasteiger partial charge in [-0.25, -0.2) is 0 Å². The van der Waals surface area contributed by atoms with Crippen LogP contribution in [0.4, 0.5) is 0 Å². The number of rotatable bonds is 5. The number of furan rings is 1. The van der Waals surface area contributed by atoms with Crippen LogP contribution >= 0.6 is 0 Å². The van der Waals surface area contributed by atoms with Gasteiger partial charge in [0.25, 0.3) is 5.79 Å². The van der Waals surface area contributed by atoms with Gasteiger partial charge in [0.15, 0.2) is 5.76 Å². The summed E-state index contributed by atoms with van der Waals surface area (Å²) < 4.78 is 11.8. The van der Waals surface area contributed by atoms with Gasteiger partial charge < -0.3 is 24.3 Å². The number of pyridine rings is 1. The highest BCUT2D eigenvalue weighted by Gasteiger charge is 2.33. The Balaban J connectivity index is 1.30. The van der Waals surface area contributed by atoms with Crippen molar-refractivity contribution in [1.82, 2.24) is 9.88 Å². The predicted molar refractivity (Wildman–Crippen MR) is 141 cm³/mol. The molecule has 3 heterocycles. The fourth-order valence-electron chi connectivity index (χ4n) is 5.03. The molecule has 6 rings (SSSR count). The van der Waals surface area contributed by atoms with Crippen molar-refractivity contribution in [2.45, 2.75) is 18.2 Å². The lowest BCUT2D eigenvalue weighted by atomic mass is 9.95. The Hall–Kier alpha value is -4.46. The highest BCUT2D eigenvalue weighted by Crippen LogP contribution is 2.37. The van der Waals surface area contributed by atoms with Crippen molar-refractivity contribution in [3.05, 3.63) is 131 Å². The van der Waals surface area contributed by atoms with Gasteiger partial charge >= 0.3 is 0 Å². The third-order valence-electron chi connectivity index (χ3n) is 6.91. The second-order valence-corrected chi connectivity index (χ2v) is 9.35. The van der Waals surface area contributed by atoms with Crippen molar-refractivity contribution >= 4 is 16.9 Å². The average Bonchev–Trinajstić information content (AvgIpc) is 3.28. The van der Waals surface area contributed by atoms with Gasteiger partial charge in [0.05, 0.1) is 19.0 Å². The largest absolute Gasteiger partial charge is 0.491 e. The Kier molecular flexibility index (Phi) is 6.15. The lowest BCUT2D eigenvalue weighted by Gasteiger charge is -2.30. The lowest BCUT2D eigenvalue weighted by Crippen LogP contribution is -2.37. The van der Waals surface area contributed by atoms with E-state index >= 15 is 0 Å². The molecule has 38 heavy (non-hydrogen) atoms. The Morgan fingerprint density at radius 3 is 2.53 bits per heavy atom. The molecule has 0 saturated carbocycles. The van der Waals surface area contributed by atoms with Crippen LogP contribution in [0, 0.1) is 0 Å². The number of amides is 1. The number of carbonyl (C=O) groups is 1. The van der Waals surface area contributed by atoms with Gasteiger partial charge in [-0.05, 0) is 47.5 Å². The van der Waals surface area contributed by atoms with Crippen LogP contribution in [0.5, 0.6) is 5.75 Å². The van der Waals surface area contributed by atoms with E-state index in [4.69, 9.17) is 9.15 Å². The second kappa shape index (κ2) is 9.78. The van der Waals surface area contributed by atoms with E-state index in [1.165, 1.54) is 24.5 Å². The third kappa shape index (κ3) is 4.42. The maximum absolute atomic E-state index is 13.8. The number of hydrogen-bond acceptors (Lipinski definition) is 6. The van der Waals surface area contributed by atoms with Crippen LogP contribution < -0.4 is 4.74 Å². The van der Waals surface area contributed by atoms with Crippen molar-refractivity contribution in [2.24, 2.45) is 0 Å². The molecule has 0 fully saturated rings. The number of hydrogen-bond donors (Lipinski definition) is 2. The Morgan fingerprint density at radius 1 is 0.947 bits per heavy atom. The SMILES string of the molecule is O=C(Cc1ccc2oc(C(O)(O)c3ccncc3)cc2c1)N1CCOc2ccccc2C1c1ccccc1. The van der Waals surface area contributed by atoms with Crippen molar-refractivity contribution in [1.29, 1.82) is 0 Å². The Bertz CT molecular complexity index is 1580. The first kappa shape index (κ1) is 23.9. The topological polar surface area (TPSA) is 96.0 Å². The van der Waals surface area contributed by atoms with Crippen LogP contribution in [0.25, 0.3) is 11.0 Å². The van der Waals surface area contributed by atoms with E-state index in [1.54, 1.807) is 12.1 Å². The fourth-order valence-corrected chi connectivity index (χ4v) is 5.03. The summed E-state index contributed by atoms with van der Waals surface area (Å²) in [5, 5.41) is 22.2. The summed E-state index contributed by atoms with van der Waals surface area (Å²) in [5.74, 6) is -1.56. The molecule has 190 valence electrons. The number of aliphatic hydroxyl groups is 2. The summed E-state index contributed by atoms with van der Waals surface area (Å²) in [6, 6.07) is 27.6. The van der Waals surface area contributed by atoms with E-state index < -0.39 is 5.79 Å². The fraction of sp³-hybridized carbons (Fsp3) is 0.161. The zero-order valence-corrected chi connectivity index (χ0v) is 20.5. The van der Waals surface area contributed by atoms with Gasteiger partial charge in [-0.15, -0.1) is 0 Å². The number of nitrogens with zero attached hydrogens (tertiary/aromatic N) is 2. The molecule has 7 heteroatoms. The zero-order chi connectivity index (χ0) is 26.1. The first-order chi connectivity index (χ1) is 18.5. The summed E-state index contributed by atoms with van der Waals surface area (Å²) in [5.41, 5.74) is 3.52. The number of benzene rings is 3. The molecular weight excluding hydrogens is 480 g/mol. The van der Waals surface area contributed by atoms with Crippen molar-refractivity contribution in [3.63, 3.8) is 0 Å². The molecule has 1 amide bonds. The van der Waals surface area contributed by atoms with Gasteiger partial charge in [-0.2, -0.15) is 0 Å². The molecule has 1 aliphatic rings. The van der Waals surface area contributed by atoms with E-state index in [9.17, 15) is 15.0 Å². The van der Waals surface area contributed by atoms with E-state index in [-0.39, 0.29) is 29.7 Å². The molecule has 0 bridgehead atoms.